The van der Waals surface area contributed by atoms with Crippen molar-refractivity contribution in [3.05, 3.63) is 17.5 Å². The molecule has 4 heteroatoms. The molecule has 2 N–H and O–H groups in total. The molecule has 0 radical (unpaired) electrons. The third-order valence-corrected chi connectivity index (χ3v) is 3.93. The topological polar surface area (TPSA) is 57.8 Å². The summed E-state index contributed by atoms with van der Waals surface area (Å²) < 4.78 is 0. The smallest absolute Gasteiger partial charge is 0.271 e. The normalized spacial score (nSPS) is 16.8. The number of carbonyl (C=O) groups excluding carboxylic acids is 1. The Morgan fingerprint density at radius 1 is 1.42 bits per heavy atom. The number of carbonyl (C=O) groups is 1. The van der Waals surface area contributed by atoms with Crippen LogP contribution in [0, 0.1) is 5.92 Å². The van der Waals surface area contributed by atoms with Crippen molar-refractivity contribution >= 4 is 5.91 Å². The number of H-pyrrole nitrogens is 1. The third-order valence-electron chi connectivity index (χ3n) is 3.93. The molecule has 1 amide bonds. The maximum atomic E-state index is 12.0. The summed E-state index contributed by atoms with van der Waals surface area (Å²) in [4.78, 5) is 12.0. The van der Waals surface area contributed by atoms with Gasteiger partial charge in [-0.3, -0.25) is 9.89 Å². The average molecular weight is 263 g/mol. The molecule has 4 nitrogen and oxygen atoms in total. The number of aromatic amines is 1. The highest BCUT2D eigenvalue weighted by molar-refractivity contribution is 5.92. The van der Waals surface area contributed by atoms with Crippen LogP contribution in [0.2, 0.25) is 0 Å². The van der Waals surface area contributed by atoms with Crippen molar-refractivity contribution in [2.45, 2.75) is 58.3 Å². The van der Waals surface area contributed by atoms with E-state index in [0.717, 1.165) is 24.6 Å². The Morgan fingerprint density at radius 3 is 2.68 bits per heavy atom. The van der Waals surface area contributed by atoms with Gasteiger partial charge in [0.2, 0.25) is 0 Å². The van der Waals surface area contributed by atoms with Gasteiger partial charge in [-0.25, -0.2) is 0 Å². The lowest BCUT2D eigenvalue weighted by Gasteiger charge is -2.14. The molecule has 1 heterocycles. The fraction of sp³-hybridized carbons (Fsp3) is 0.733. The van der Waals surface area contributed by atoms with Gasteiger partial charge in [-0.2, -0.15) is 5.10 Å². The fourth-order valence-corrected chi connectivity index (χ4v) is 2.60. The van der Waals surface area contributed by atoms with Gasteiger partial charge in [0, 0.05) is 17.7 Å². The molecule has 19 heavy (non-hydrogen) atoms. The summed E-state index contributed by atoms with van der Waals surface area (Å²) in [6.07, 6.45) is 6.46. The summed E-state index contributed by atoms with van der Waals surface area (Å²) in [5.74, 6) is 0.745. The molecule has 1 aliphatic carbocycles. The average Bonchev–Trinajstić information content (AvgIpc) is 2.99. The van der Waals surface area contributed by atoms with Gasteiger partial charge in [-0.1, -0.05) is 46.5 Å². The zero-order valence-corrected chi connectivity index (χ0v) is 12.3. The Hall–Kier alpha value is -1.32. The van der Waals surface area contributed by atoms with Gasteiger partial charge >= 0.3 is 0 Å². The molecular weight excluding hydrogens is 238 g/mol. The van der Waals surface area contributed by atoms with E-state index in [2.05, 4.69) is 36.3 Å². The molecule has 106 valence electrons. The van der Waals surface area contributed by atoms with Crippen LogP contribution in [0.5, 0.6) is 0 Å². The fourth-order valence-electron chi connectivity index (χ4n) is 2.60. The van der Waals surface area contributed by atoms with E-state index in [1.54, 1.807) is 0 Å². The number of aromatic nitrogens is 2. The summed E-state index contributed by atoms with van der Waals surface area (Å²) >= 11 is 0. The largest absolute Gasteiger partial charge is 0.351 e. The van der Waals surface area contributed by atoms with Crippen LogP contribution in [-0.2, 0) is 5.41 Å². The van der Waals surface area contributed by atoms with E-state index in [1.807, 2.05) is 6.07 Å². The number of amides is 1. The highest BCUT2D eigenvalue weighted by atomic mass is 16.1. The first-order valence-electron chi connectivity index (χ1n) is 7.31. The molecule has 0 saturated heterocycles. The van der Waals surface area contributed by atoms with Crippen LogP contribution in [-0.4, -0.2) is 22.6 Å². The second-order valence-corrected chi connectivity index (χ2v) is 6.61. The lowest BCUT2D eigenvalue weighted by Crippen LogP contribution is -2.26. The molecule has 0 aromatic carbocycles. The van der Waals surface area contributed by atoms with Gasteiger partial charge in [0.05, 0.1) is 0 Å². The minimum atomic E-state index is -0.0650. The Balaban J connectivity index is 1.81. The molecule has 1 aromatic rings. The van der Waals surface area contributed by atoms with Crippen LogP contribution in [0.3, 0.4) is 0 Å². The SMILES string of the molecule is CC(C)(C)c1cc(C(=O)NCCC2CCCC2)n[nH]1. The predicted molar refractivity (Wildman–Crippen MR) is 76.2 cm³/mol. The molecule has 1 saturated carbocycles. The minimum Gasteiger partial charge on any atom is -0.351 e. The number of nitrogens with zero attached hydrogens (tertiary/aromatic N) is 1. The lowest BCUT2D eigenvalue weighted by atomic mass is 9.92. The van der Waals surface area contributed by atoms with Crippen LogP contribution >= 0.6 is 0 Å². The highest BCUT2D eigenvalue weighted by Gasteiger charge is 2.19. The molecule has 1 aliphatic rings. The van der Waals surface area contributed by atoms with Crippen LogP contribution in [0.25, 0.3) is 0 Å². The van der Waals surface area contributed by atoms with Crippen molar-refractivity contribution in [3.63, 3.8) is 0 Å². The van der Waals surface area contributed by atoms with Crippen molar-refractivity contribution in [3.8, 4) is 0 Å². The van der Waals surface area contributed by atoms with E-state index in [0.29, 0.717) is 5.69 Å². The van der Waals surface area contributed by atoms with E-state index in [-0.39, 0.29) is 11.3 Å². The molecule has 1 aromatic heterocycles. The summed E-state index contributed by atoms with van der Waals surface area (Å²) in [7, 11) is 0. The first kappa shape index (κ1) is 14.1. The van der Waals surface area contributed by atoms with Crippen LogP contribution in [0.1, 0.15) is 69.1 Å². The van der Waals surface area contributed by atoms with Gasteiger partial charge in [-0.15, -0.1) is 0 Å². The maximum Gasteiger partial charge on any atom is 0.271 e. The second kappa shape index (κ2) is 5.76. The van der Waals surface area contributed by atoms with E-state index in [9.17, 15) is 4.79 Å². The molecule has 0 aliphatic heterocycles. The Morgan fingerprint density at radius 2 is 2.11 bits per heavy atom. The van der Waals surface area contributed by atoms with Crippen molar-refractivity contribution in [2.24, 2.45) is 5.92 Å². The number of nitrogens with one attached hydrogen (secondary N) is 2. The Kier molecular flexibility index (Phi) is 4.27. The molecule has 0 spiro atoms. The van der Waals surface area contributed by atoms with E-state index >= 15 is 0 Å². The zero-order valence-electron chi connectivity index (χ0n) is 12.3. The van der Waals surface area contributed by atoms with Crippen molar-refractivity contribution < 1.29 is 4.79 Å². The van der Waals surface area contributed by atoms with Crippen LogP contribution in [0.15, 0.2) is 6.07 Å². The summed E-state index contributed by atoms with van der Waals surface area (Å²) in [6, 6.07) is 1.85. The van der Waals surface area contributed by atoms with E-state index < -0.39 is 0 Å². The molecule has 0 bridgehead atoms. The first-order chi connectivity index (χ1) is 8.97. The van der Waals surface area contributed by atoms with Gasteiger partial charge < -0.3 is 5.32 Å². The van der Waals surface area contributed by atoms with Crippen LogP contribution in [0.4, 0.5) is 0 Å². The monoisotopic (exact) mass is 263 g/mol. The first-order valence-corrected chi connectivity index (χ1v) is 7.31. The van der Waals surface area contributed by atoms with Crippen molar-refractivity contribution in [1.29, 1.82) is 0 Å². The summed E-state index contributed by atoms with van der Waals surface area (Å²) in [5.41, 5.74) is 1.49. The quantitative estimate of drug-likeness (QED) is 0.877. The van der Waals surface area contributed by atoms with Gasteiger partial charge in [0.1, 0.15) is 5.69 Å². The lowest BCUT2D eigenvalue weighted by molar-refractivity contribution is 0.0946. The summed E-state index contributed by atoms with van der Waals surface area (Å²) in [6.45, 7) is 7.06. The van der Waals surface area contributed by atoms with Crippen molar-refractivity contribution in [2.75, 3.05) is 6.54 Å². The van der Waals surface area contributed by atoms with Gasteiger partial charge in [0.25, 0.3) is 5.91 Å². The molecule has 0 unspecified atom stereocenters. The van der Waals surface area contributed by atoms with Gasteiger partial charge in [0.15, 0.2) is 0 Å². The minimum absolute atomic E-state index is 0.00459. The standard InChI is InChI=1S/C15H25N3O/c1-15(2,3)13-10-12(17-18-13)14(19)16-9-8-11-6-4-5-7-11/h10-11H,4-9H2,1-3H3,(H,16,19)(H,17,18). The molecule has 0 atom stereocenters. The Bertz CT molecular complexity index is 425. The molecule has 2 rings (SSSR count). The third kappa shape index (κ3) is 3.82. The highest BCUT2D eigenvalue weighted by Crippen LogP contribution is 2.27. The second-order valence-electron chi connectivity index (χ2n) is 6.61. The summed E-state index contributed by atoms with van der Waals surface area (Å²) in [5, 5.41) is 10.0. The number of rotatable bonds is 4. The van der Waals surface area contributed by atoms with E-state index in [1.165, 1.54) is 25.7 Å². The zero-order chi connectivity index (χ0) is 13.9. The molecular formula is C15H25N3O. The van der Waals surface area contributed by atoms with Crippen LogP contribution < -0.4 is 5.32 Å². The number of hydrogen-bond donors (Lipinski definition) is 2. The maximum absolute atomic E-state index is 12.0. The molecule has 1 fully saturated rings. The van der Waals surface area contributed by atoms with Crippen molar-refractivity contribution in [1.82, 2.24) is 15.5 Å². The Labute approximate surface area is 115 Å². The predicted octanol–water partition coefficient (Wildman–Crippen LogP) is 3.02. The van der Waals surface area contributed by atoms with E-state index in [4.69, 9.17) is 0 Å². The van der Waals surface area contributed by atoms with Gasteiger partial charge in [-0.05, 0) is 18.4 Å². The number of hydrogen-bond acceptors (Lipinski definition) is 2.